The summed E-state index contributed by atoms with van der Waals surface area (Å²) in [5.41, 5.74) is 8.03. The number of imidazole rings is 1. The van der Waals surface area contributed by atoms with Crippen molar-refractivity contribution in [3.8, 4) is 0 Å². The molecule has 0 aliphatic rings. The highest BCUT2D eigenvalue weighted by atomic mass is 35.5. The van der Waals surface area contributed by atoms with E-state index in [4.69, 9.17) is 17.3 Å². The summed E-state index contributed by atoms with van der Waals surface area (Å²) >= 11 is 6.94. The van der Waals surface area contributed by atoms with Gasteiger partial charge in [0.2, 0.25) is 0 Å². The van der Waals surface area contributed by atoms with Crippen molar-refractivity contribution >= 4 is 40.1 Å². The molecule has 0 aliphatic carbocycles. The number of nitrogen functional groups attached to an aromatic ring is 1. The Balaban J connectivity index is 1.98. The van der Waals surface area contributed by atoms with Crippen molar-refractivity contribution in [2.75, 3.05) is 5.73 Å². The Morgan fingerprint density at radius 3 is 2.84 bits per heavy atom. The Kier molecular flexibility index (Phi) is 3.08. The van der Waals surface area contributed by atoms with Gasteiger partial charge in [-0.15, -0.1) is 0 Å². The predicted octanol–water partition coefficient (Wildman–Crippen LogP) is 4.09. The van der Waals surface area contributed by atoms with Crippen LogP contribution in [0, 0.1) is 5.82 Å². The Hall–Kier alpha value is -1.72. The summed E-state index contributed by atoms with van der Waals surface area (Å²) in [5, 5.41) is 0.682. The molecule has 0 aliphatic heterocycles. The zero-order valence-electron chi connectivity index (χ0n) is 9.65. The van der Waals surface area contributed by atoms with E-state index in [9.17, 15) is 4.39 Å². The molecule has 0 saturated carbocycles. The lowest BCUT2D eigenvalue weighted by atomic mass is 10.3. The van der Waals surface area contributed by atoms with Crippen LogP contribution in [0.2, 0.25) is 5.02 Å². The topological polar surface area (TPSA) is 54.7 Å². The average Bonchev–Trinajstić information content (AvgIpc) is 2.78. The van der Waals surface area contributed by atoms with Crippen LogP contribution in [0.4, 0.5) is 10.1 Å². The number of nitrogens with zero attached hydrogens (tertiary/aromatic N) is 1. The van der Waals surface area contributed by atoms with Crippen LogP contribution in [0.15, 0.2) is 46.5 Å². The predicted molar refractivity (Wildman–Crippen MR) is 76.0 cm³/mol. The lowest BCUT2D eigenvalue weighted by Gasteiger charge is -2.04. The van der Waals surface area contributed by atoms with E-state index >= 15 is 0 Å². The standard InChI is InChI=1S/C13H9ClFN3S/c14-7-5-9(16)12(6-8(7)15)19-13-17-10-3-1-2-4-11(10)18-13/h1-6H,16H2,(H,17,18). The molecule has 3 rings (SSSR count). The van der Waals surface area contributed by atoms with Gasteiger partial charge >= 0.3 is 0 Å². The Morgan fingerprint density at radius 1 is 1.26 bits per heavy atom. The first-order valence-corrected chi connectivity index (χ1v) is 6.70. The number of halogens is 2. The number of para-hydroxylation sites is 2. The van der Waals surface area contributed by atoms with Crippen LogP contribution in [0.5, 0.6) is 0 Å². The van der Waals surface area contributed by atoms with Gasteiger partial charge in [-0.25, -0.2) is 9.37 Å². The van der Waals surface area contributed by atoms with Gasteiger partial charge in [0.05, 0.1) is 16.1 Å². The minimum absolute atomic E-state index is 0.0199. The second kappa shape index (κ2) is 4.75. The van der Waals surface area contributed by atoms with E-state index in [1.165, 1.54) is 23.9 Å². The molecule has 96 valence electrons. The maximum absolute atomic E-state index is 13.4. The molecule has 0 radical (unpaired) electrons. The number of hydrogen-bond acceptors (Lipinski definition) is 3. The summed E-state index contributed by atoms with van der Waals surface area (Å²) < 4.78 is 13.4. The van der Waals surface area contributed by atoms with Gasteiger partial charge in [0.25, 0.3) is 0 Å². The molecule has 2 aromatic carbocycles. The second-order valence-corrected chi connectivity index (χ2v) is 5.40. The quantitative estimate of drug-likeness (QED) is 0.700. The molecule has 3 N–H and O–H groups in total. The minimum atomic E-state index is -0.491. The van der Waals surface area contributed by atoms with Gasteiger partial charge in [-0.2, -0.15) is 0 Å². The van der Waals surface area contributed by atoms with E-state index < -0.39 is 5.82 Å². The molecule has 3 aromatic rings. The molecule has 0 spiro atoms. The lowest BCUT2D eigenvalue weighted by molar-refractivity contribution is 0.625. The number of nitrogens with two attached hydrogens (primary N) is 1. The summed E-state index contributed by atoms with van der Waals surface area (Å²) in [6.07, 6.45) is 0. The third-order valence-electron chi connectivity index (χ3n) is 2.63. The van der Waals surface area contributed by atoms with E-state index in [0.29, 0.717) is 15.7 Å². The normalized spacial score (nSPS) is 11.1. The smallest absolute Gasteiger partial charge is 0.171 e. The van der Waals surface area contributed by atoms with Crippen LogP contribution >= 0.6 is 23.4 Å². The van der Waals surface area contributed by atoms with Gasteiger partial charge < -0.3 is 10.7 Å². The number of benzene rings is 2. The van der Waals surface area contributed by atoms with Crippen molar-refractivity contribution < 1.29 is 4.39 Å². The largest absolute Gasteiger partial charge is 0.398 e. The van der Waals surface area contributed by atoms with Crippen LogP contribution in [-0.4, -0.2) is 9.97 Å². The Morgan fingerprint density at radius 2 is 2.05 bits per heavy atom. The third kappa shape index (κ3) is 2.39. The van der Waals surface area contributed by atoms with Gasteiger partial charge in [0.1, 0.15) is 5.82 Å². The lowest BCUT2D eigenvalue weighted by Crippen LogP contribution is -1.91. The molecule has 3 nitrogen and oxygen atoms in total. The maximum Gasteiger partial charge on any atom is 0.171 e. The highest BCUT2D eigenvalue weighted by Gasteiger charge is 2.10. The molecule has 1 heterocycles. The molecule has 0 amide bonds. The van der Waals surface area contributed by atoms with Crippen LogP contribution < -0.4 is 5.73 Å². The monoisotopic (exact) mass is 293 g/mol. The molecule has 6 heteroatoms. The first-order valence-electron chi connectivity index (χ1n) is 5.50. The first kappa shape index (κ1) is 12.3. The Bertz CT molecular complexity index is 724. The third-order valence-corrected chi connectivity index (χ3v) is 3.88. The van der Waals surface area contributed by atoms with Crippen molar-refractivity contribution in [1.82, 2.24) is 9.97 Å². The van der Waals surface area contributed by atoms with E-state index in [1.807, 2.05) is 24.3 Å². The molecule has 0 atom stereocenters. The molecule has 0 fully saturated rings. The molecule has 19 heavy (non-hydrogen) atoms. The van der Waals surface area contributed by atoms with E-state index in [1.54, 1.807) is 0 Å². The fraction of sp³-hybridized carbons (Fsp3) is 0. The van der Waals surface area contributed by atoms with Crippen LogP contribution in [-0.2, 0) is 0 Å². The molecular formula is C13H9ClFN3S. The van der Waals surface area contributed by atoms with Crippen molar-refractivity contribution in [1.29, 1.82) is 0 Å². The molecular weight excluding hydrogens is 285 g/mol. The van der Waals surface area contributed by atoms with Crippen molar-refractivity contribution in [3.05, 3.63) is 47.2 Å². The summed E-state index contributed by atoms with van der Waals surface area (Å²) in [5.74, 6) is -0.491. The van der Waals surface area contributed by atoms with Gasteiger partial charge in [-0.3, -0.25) is 0 Å². The summed E-state index contributed by atoms with van der Waals surface area (Å²) in [6, 6.07) is 10.4. The van der Waals surface area contributed by atoms with Crippen molar-refractivity contribution in [3.63, 3.8) is 0 Å². The number of fused-ring (bicyclic) bond motifs is 1. The molecule has 0 saturated heterocycles. The highest BCUT2D eigenvalue weighted by molar-refractivity contribution is 7.99. The zero-order valence-corrected chi connectivity index (χ0v) is 11.2. The maximum atomic E-state index is 13.4. The number of aromatic nitrogens is 2. The number of nitrogens with one attached hydrogen (secondary N) is 1. The van der Waals surface area contributed by atoms with Gasteiger partial charge in [0.15, 0.2) is 5.16 Å². The van der Waals surface area contributed by atoms with Crippen LogP contribution in [0.3, 0.4) is 0 Å². The summed E-state index contributed by atoms with van der Waals surface area (Å²) in [7, 11) is 0. The number of aromatic amines is 1. The van der Waals surface area contributed by atoms with Crippen LogP contribution in [0.1, 0.15) is 0 Å². The molecule has 1 aromatic heterocycles. The average molecular weight is 294 g/mol. The number of anilines is 1. The highest BCUT2D eigenvalue weighted by Crippen LogP contribution is 2.34. The van der Waals surface area contributed by atoms with Gasteiger partial charge in [-0.05, 0) is 36.0 Å². The van der Waals surface area contributed by atoms with E-state index in [-0.39, 0.29) is 5.02 Å². The summed E-state index contributed by atoms with van der Waals surface area (Å²) in [6.45, 7) is 0. The first-order chi connectivity index (χ1) is 9.13. The fourth-order valence-electron chi connectivity index (χ4n) is 1.71. The number of hydrogen-bond donors (Lipinski definition) is 2. The van der Waals surface area contributed by atoms with Crippen molar-refractivity contribution in [2.24, 2.45) is 0 Å². The molecule has 0 bridgehead atoms. The van der Waals surface area contributed by atoms with Gasteiger partial charge in [-0.1, -0.05) is 23.7 Å². The zero-order chi connectivity index (χ0) is 13.4. The number of H-pyrrole nitrogens is 1. The number of rotatable bonds is 2. The van der Waals surface area contributed by atoms with Crippen molar-refractivity contribution in [2.45, 2.75) is 10.1 Å². The fourth-order valence-corrected chi connectivity index (χ4v) is 2.74. The minimum Gasteiger partial charge on any atom is -0.398 e. The second-order valence-electron chi connectivity index (χ2n) is 3.97. The van der Waals surface area contributed by atoms with E-state index in [0.717, 1.165) is 11.0 Å². The summed E-state index contributed by atoms with van der Waals surface area (Å²) in [4.78, 5) is 8.13. The molecule has 0 unspecified atom stereocenters. The Labute approximate surface area is 118 Å². The van der Waals surface area contributed by atoms with E-state index in [2.05, 4.69) is 9.97 Å². The SMILES string of the molecule is Nc1cc(Cl)c(F)cc1Sc1nc2ccccc2[nH]1. The van der Waals surface area contributed by atoms with Crippen LogP contribution in [0.25, 0.3) is 11.0 Å². The van der Waals surface area contributed by atoms with Gasteiger partial charge in [0, 0.05) is 10.6 Å².